The fraction of sp³-hybridized carbons (Fsp3) is 0.500. The van der Waals surface area contributed by atoms with Crippen LogP contribution in [0.15, 0.2) is 12.7 Å². The Morgan fingerprint density at radius 1 is 0.833 bits per heavy atom. The van der Waals surface area contributed by atoms with Crippen LogP contribution in [0.1, 0.15) is 22.8 Å². The zero-order chi connectivity index (χ0) is 13.4. The van der Waals surface area contributed by atoms with Gasteiger partial charge in [-0.2, -0.15) is 0 Å². The average molecular weight is 250 g/mol. The van der Waals surface area contributed by atoms with Crippen molar-refractivity contribution < 1.29 is 9.46 Å². The fourth-order valence-electron chi connectivity index (χ4n) is 2.00. The highest BCUT2D eigenvalue weighted by molar-refractivity contribution is 5.04. The van der Waals surface area contributed by atoms with E-state index in [0.29, 0.717) is 24.5 Å². The monoisotopic (exact) mass is 250 g/mol. The summed E-state index contributed by atoms with van der Waals surface area (Å²) in [5.74, 6) is 0. The first kappa shape index (κ1) is 12.5. The standard InChI is InChI=1S/C12H18N4O2/c1-9-11(3)15(17)7-13(9)5-6-14-8-16(18)12(4)10(14)2/h7-8H,5-6H2,1-4H3. The summed E-state index contributed by atoms with van der Waals surface area (Å²) in [6.07, 6.45) is 3.09. The lowest BCUT2D eigenvalue weighted by atomic mass is 10.3. The van der Waals surface area contributed by atoms with E-state index < -0.39 is 0 Å². The minimum absolute atomic E-state index is 0.677. The average Bonchev–Trinajstić information content (AvgIpc) is 2.72. The van der Waals surface area contributed by atoms with Gasteiger partial charge in [-0.05, 0) is 0 Å². The smallest absolute Gasteiger partial charge is 0.247 e. The maximum absolute atomic E-state index is 11.4. The highest BCUT2D eigenvalue weighted by atomic mass is 16.5. The van der Waals surface area contributed by atoms with Gasteiger partial charge in [-0.1, -0.05) is 0 Å². The molecule has 2 heterocycles. The molecule has 0 saturated heterocycles. The summed E-state index contributed by atoms with van der Waals surface area (Å²) in [4.78, 5) is 0. The minimum atomic E-state index is 0.677. The van der Waals surface area contributed by atoms with Crippen LogP contribution in [0.2, 0.25) is 0 Å². The van der Waals surface area contributed by atoms with Crippen LogP contribution in [0, 0.1) is 38.1 Å². The van der Waals surface area contributed by atoms with Crippen molar-refractivity contribution in [2.75, 3.05) is 0 Å². The van der Waals surface area contributed by atoms with Crippen LogP contribution in [0.5, 0.6) is 0 Å². The molecule has 18 heavy (non-hydrogen) atoms. The summed E-state index contributed by atoms with van der Waals surface area (Å²) in [6.45, 7) is 8.80. The van der Waals surface area contributed by atoms with E-state index in [1.807, 2.05) is 23.0 Å². The van der Waals surface area contributed by atoms with E-state index in [2.05, 4.69) is 0 Å². The van der Waals surface area contributed by atoms with Crippen LogP contribution < -0.4 is 9.46 Å². The third kappa shape index (κ3) is 1.94. The van der Waals surface area contributed by atoms with Gasteiger partial charge in [-0.3, -0.25) is 0 Å². The molecule has 0 saturated carbocycles. The van der Waals surface area contributed by atoms with E-state index in [4.69, 9.17) is 0 Å². The molecule has 0 aliphatic rings. The van der Waals surface area contributed by atoms with Crippen molar-refractivity contribution in [3.05, 3.63) is 45.8 Å². The van der Waals surface area contributed by atoms with Crippen molar-refractivity contribution in [3.8, 4) is 0 Å². The SMILES string of the molecule is Cc1c(C)[n+]([O-])cn1CCn1c[n+]([O-])c(C)c1C. The number of hydrogen-bond acceptors (Lipinski definition) is 2. The summed E-state index contributed by atoms with van der Waals surface area (Å²) in [5, 5.41) is 22.9. The Labute approximate surface area is 106 Å². The Morgan fingerprint density at radius 2 is 1.17 bits per heavy atom. The maximum Gasteiger partial charge on any atom is 0.247 e. The molecule has 6 nitrogen and oxygen atoms in total. The predicted octanol–water partition coefficient (Wildman–Crippen LogP) is 0.490. The zero-order valence-electron chi connectivity index (χ0n) is 11.2. The zero-order valence-corrected chi connectivity index (χ0v) is 11.2. The molecule has 0 bridgehead atoms. The van der Waals surface area contributed by atoms with E-state index in [-0.39, 0.29) is 0 Å². The molecule has 2 rings (SSSR count). The molecule has 0 spiro atoms. The number of imidazole rings is 2. The molecule has 0 aliphatic carbocycles. The third-order valence-electron chi connectivity index (χ3n) is 3.64. The van der Waals surface area contributed by atoms with Crippen LogP contribution in [0.4, 0.5) is 0 Å². The van der Waals surface area contributed by atoms with E-state index in [9.17, 15) is 10.4 Å². The first-order chi connectivity index (χ1) is 8.41. The first-order valence-corrected chi connectivity index (χ1v) is 5.92. The number of hydrogen-bond donors (Lipinski definition) is 0. The summed E-state index contributed by atoms with van der Waals surface area (Å²) >= 11 is 0. The van der Waals surface area contributed by atoms with Gasteiger partial charge in [-0.15, -0.1) is 0 Å². The second kappa shape index (κ2) is 4.36. The lowest BCUT2D eigenvalue weighted by Crippen LogP contribution is -2.26. The van der Waals surface area contributed by atoms with Gasteiger partial charge in [0.05, 0.1) is 0 Å². The summed E-state index contributed by atoms with van der Waals surface area (Å²) in [5.41, 5.74) is 3.35. The molecule has 0 unspecified atom stereocenters. The van der Waals surface area contributed by atoms with Gasteiger partial charge in [0.2, 0.25) is 12.7 Å². The summed E-state index contributed by atoms with van der Waals surface area (Å²) in [7, 11) is 0. The number of nitrogens with zero attached hydrogens (tertiary/aromatic N) is 4. The van der Waals surface area contributed by atoms with Gasteiger partial charge in [0.1, 0.15) is 35.9 Å². The van der Waals surface area contributed by atoms with Crippen molar-refractivity contribution in [1.29, 1.82) is 0 Å². The fourth-order valence-corrected chi connectivity index (χ4v) is 2.00. The summed E-state index contributed by atoms with van der Waals surface area (Å²) in [6, 6.07) is 0. The molecule has 0 N–H and O–H groups in total. The number of aryl methyl sites for hydroxylation is 2. The molecular weight excluding hydrogens is 232 g/mol. The minimum Gasteiger partial charge on any atom is -0.711 e. The van der Waals surface area contributed by atoms with Gasteiger partial charge >= 0.3 is 0 Å². The molecule has 0 radical (unpaired) electrons. The maximum atomic E-state index is 11.4. The molecule has 0 aliphatic heterocycles. The second-order valence-electron chi connectivity index (χ2n) is 4.61. The van der Waals surface area contributed by atoms with Crippen LogP contribution >= 0.6 is 0 Å². The molecule has 2 aromatic heterocycles. The quantitative estimate of drug-likeness (QED) is 0.588. The number of rotatable bonds is 3. The van der Waals surface area contributed by atoms with Gasteiger partial charge in [0.15, 0.2) is 0 Å². The Morgan fingerprint density at radius 3 is 1.39 bits per heavy atom. The van der Waals surface area contributed by atoms with Crippen molar-refractivity contribution >= 4 is 0 Å². The van der Waals surface area contributed by atoms with Crippen molar-refractivity contribution in [3.63, 3.8) is 0 Å². The highest BCUT2D eigenvalue weighted by Gasteiger charge is 2.15. The molecule has 0 atom stereocenters. The van der Waals surface area contributed by atoms with Gasteiger partial charge in [0, 0.05) is 27.7 Å². The molecular formula is C12H18N4O2. The Hall–Kier alpha value is -1.98. The molecule has 6 heteroatoms. The Bertz CT molecular complexity index is 531. The Balaban J connectivity index is 2.16. The molecule has 0 aromatic carbocycles. The number of aromatic nitrogens is 4. The molecule has 0 amide bonds. The van der Waals surface area contributed by atoms with Gasteiger partial charge < -0.3 is 10.4 Å². The van der Waals surface area contributed by atoms with Crippen molar-refractivity contribution in [2.45, 2.75) is 40.8 Å². The van der Waals surface area contributed by atoms with E-state index in [0.717, 1.165) is 20.8 Å². The van der Waals surface area contributed by atoms with Crippen LogP contribution in [0.25, 0.3) is 0 Å². The van der Waals surface area contributed by atoms with Crippen LogP contribution in [-0.2, 0) is 13.1 Å². The lowest BCUT2D eigenvalue weighted by Gasteiger charge is -1.98. The van der Waals surface area contributed by atoms with E-state index >= 15 is 0 Å². The topological polar surface area (TPSA) is 63.7 Å². The lowest BCUT2D eigenvalue weighted by molar-refractivity contribution is -0.612. The second-order valence-corrected chi connectivity index (χ2v) is 4.61. The molecule has 0 fully saturated rings. The predicted molar refractivity (Wildman–Crippen MR) is 65.7 cm³/mol. The van der Waals surface area contributed by atoms with Crippen molar-refractivity contribution in [2.24, 2.45) is 0 Å². The van der Waals surface area contributed by atoms with Gasteiger partial charge in [0.25, 0.3) is 0 Å². The largest absolute Gasteiger partial charge is 0.711 e. The van der Waals surface area contributed by atoms with E-state index in [1.54, 1.807) is 26.5 Å². The van der Waals surface area contributed by atoms with E-state index in [1.165, 1.54) is 0 Å². The third-order valence-corrected chi connectivity index (χ3v) is 3.64. The first-order valence-electron chi connectivity index (χ1n) is 5.92. The molecule has 2 aromatic rings. The van der Waals surface area contributed by atoms with Crippen molar-refractivity contribution in [1.82, 2.24) is 9.13 Å². The van der Waals surface area contributed by atoms with Gasteiger partial charge in [-0.25, -0.2) is 18.6 Å². The van der Waals surface area contributed by atoms with Crippen LogP contribution in [-0.4, -0.2) is 9.13 Å². The Kier molecular flexibility index (Phi) is 3.02. The van der Waals surface area contributed by atoms with Crippen LogP contribution in [0.3, 0.4) is 0 Å². The summed E-state index contributed by atoms with van der Waals surface area (Å²) < 4.78 is 5.56. The molecule has 98 valence electrons. The highest BCUT2D eigenvalue weighted by Crippen LogP contribution is 2.06. The normalized spacial score (nSPS) is 11.1.